The van der Waals surface area contributed by atoms with Crippen molar-refractivity contribution in [3.8, 4) is 0 Å². The molecule has 1 unspecified atom stereocenters. The zero-order valence-electron chi connectivity index (χ0n) is 10.6. The number of nitrogens with one attached hydrogen (secondary N) is 1. The Balaban J connectivity index is 2.22. The number of carboxylic acids is 1. The van der Waals surface area contributed by atoms with Gasteiger partial charge in [0.2, 0.25) is 5.91 Å². The first-order chi connectivity index (χ1) is 9.42. The molecule has 2 heterocycles. The number of carbonyl (C=O) groups excluding carboxylic acids is 1. The van der Waals surface area contributed by atoms with Crippen LogP contribution in [0.2, 0.25) is 0 Å². The molecule has 0 aliphatic carbocycles. The van der Waals surface area contributed by atoms with Crippen LogP contribution >= 0.6 is 0 Å². The highest BCUT2D eigenvalue weighted by atomic mass is 32.2. The van der Waals surface area contributed by atoms with Crippen LogP contribution in [0, 0.1) is 0 Å². The molecular formula is C12H14N2O5S. The Morgan fingerprint density at radius 1 is 1.35 bits per heavy atom. The van der Waals surface area contributed by atoms with Gasteiger partial charge in [0.25, 0.3) is 0 Å². The summed E-state index contributed by atoms with van der Waals surface area (Å²) >= 11 is 0. The molecule has 1 aromatic heterocycles. The molecule has 1 fully saturated rings. The molecule has 1 aromatic rings. The lowest BCUT2D eigenvalue weighted by molar-refractivity contribution is -0.116. The topological polar surface area (TPSA) is 113 Å². The van der Waals surface area contributed by atoms with Crippen LogP contribution in [0.15, 0.2) is 18.3 Å². The number of hydrogen-bond acceptors (Lipinski definition) is 5. The third kappa shape index (κ3) is 2.96. The second-order valence-electron chi connectivity index (χ2n) is 4.55. The molecule has 108 valence electrons. The van der Waals surface area contributed by atoms with Gasteiger partial charge in [0.1, 0.15) is 5.25 Å². The van der Waals surface area contributed by atoms with Gasteiger partial charge in [0, 0.05) is 6.20 Å². The quantitative estimate of drug-likeness (QED) is 0.848. The summed E-state index contributed by atoms with van der Waals surface area (Å²) in [6.45, 7) is 0. The zero-order chi connectivity index (χ0) is 14.8. The monoisotopic (exact) mass is 298 g/mol. The van der Waals surface area contributed by atoms with Gasteiger partial charge in [-0.15, -0.1) is 0 Å². The molecule has 2 N–H and O–H groups in total. The van der Waals surface area contributed by atoms with E-state index in [9.17, 15) is 18.0 Å². The second-order valence-corrected chi connectivity index (χ2v) is 6.85. The molecule has 20 heavy (non-hydrogen) atoms. The molecule has 0 spiro atoms. The first-order valence-corrected chi connectivity index (χ1v) is 7.84. The van der Waals surface area contributed by atoms with Crippen molar-refractivity contribution in [2.45, 2.75) is 24.5 Å². The number of carboxylic acid groups (broad SMARTS) is 1. The minimum absolute atomic E-state index is 0.00535. The molecular weight excluding hydrogens is 284 g/mol. The van der Waals surface area contributed by atoms with Crippen molar-refractivity contribution < 1.29 is 23.1 Å². The van der Waals surface area contributed by atoms with E-state index in [4.69, 9.17) is 5.11 Å². The SMILES string of the molecule is O=C(O)c1ncccc1NC(=O)C1CCCCS1(=O)=O. The molecule has 0 radical (unpaired) electrons. The Hall–Kier alpha value is -1.96. The van der Waals surface area contributed by atoms with Crippen LogP contribution in [0.5, 0.6) is 0 Å². The van der Waals surface area contributed by atoms with Crippen molar-refractivity contribution in [2.75, 3.05) is 11.1 Å². The molecule has 1 atom stereocenters. The van der Waals surface area contributed by atoms with E-state index >= 15 is 0 Å². The lowest BCUT2D eigenvalue weighted by atomic mass is 10.1. The minimum Gasteiger partial charge on any atom is -0.476 e. The van der Waals surface area contributed by atoms with Crippen LogP contribution in [0.25, 0.3) is 0 Å². The van der Waals surface area contributed by atoms with Crippen molar-refractivity contribution >= 4 is 27.4 Å². The fourth-order valence-corrected chi connectivity index (χ4v) is 3.94. The fourth-order valence-electron chi connectivity index (χ4n) is 2.14. The average Bonchev–Trinajstić information content (AvgIpc) is 2.38. The largest absolute Gasteiger partial charge is 0.476 e. The Kier molecular flexibility index (Phi) is 4.03. The van der Waals surface area contributed by atoms with Gasteiger partial charge in [-0.05, 0) is 25.0 Å². The van der Waals surface area contributed by atoms with Gasteiger partial charge in [-0.3, -0.25) is 4.79 Å². The number of pyridine rings is 1. The van der Waals surface area contributed by atoms with E-state index in [-0.39, 0.29) is 23.6 Å². The molecule has 1 aliphatic rings. The number of sulfone groups is 1. The van der Waals surface area contributed by atoms with Crippen LogP contribution in [-0.4, -0.2) is 41.4 Å². The van der Waals surface area contributed by atoms with Crippen molar-refractivity contribution in [3.63, 3.8) is 0 Å². The number of hydrogen-bond donors (Lipinski definition) is 2. The summed E-state index contributed by atoms with van der Waals surface area (Å²) in [5.41, 5.74) is -0.306. The molecule has 1 amide bonds. The summed E-state index contributed by atoms with van der Waals surface area (Å²) < 4.78 is 23.7. The number of anilines is 1. The van der Waals surface area contributed by atoms with E-state index in [1.807, 2.05) is 0 Å². The first kappa shape index (κ1) is 14.4. The Morgan fingerprint density at radius 3 is 2.75 bits per heavy atom. The van der Waals surface area contributed by atoms with E-state index < -0.39 is 27.0 Å². The Bertz CT molecular complexity index is 641. The number of aromatic carboxylic acids is 1. The van der Waals surface area contributed by atoms with Crippen molar-refractivity contribution in [2.24, 2.45) is 0 Å². The van der Waals surface area contributed by atoms with Crippen molar-refractivity contribution in [3.05, 3.63) is 24.0 Å². The number of carbonyl (C=O) groups is 2. The third-order valence-corrected chi connectivity index (χ3v) is 5.31. The third-order valence-electron chi connectivity index (χ3n) is 3.14. The predicted molar refractivity (Wildman–Crippen MR) is 71.3 cm³/mol. The number of aromatic nitrogens is 1. The minimum atomic E-state index is -3.46. The normalized spacial score (nSPS) is 21.1. The molecule has 1 saturated heterocycles. The highest BCUT2D eigenvalue weighted by Crippen LogP contribution is 2.22. The molecule has 2 rings (SSSR count). The van der Waals surface area contributed by atoms with Gasteiger partial charge in [-0.25, -0.2) is 18.2 Å². The number of amides is 1. The highest BCUT2D eigenvalue weighted by molar-refractivity contribution is 7.92. The predicted octanol–water partition coefficient (Wildman–Crippen LogP) is 0.686. The smallest absolute Gasteiger partial charge is 0.356 e. The summed E-state index contributed by atoms with van der Waals surface area (Å²) in [7, 11) is -3.46. The van der Waals surface area contributed by atoms with E-state index in [1.54, 1.807) is 0 Å². The lowest BCUT2D eigenvalue weighted by Crippen LogP contribution is -2.39. The maximum Gasteiger partial charge on any atom is 0.356 e. The van der Waals surface area contributed by atoms with Crippen LogP contribution in [-0.2, 0) is 14.6 Å². The van der Waals surface area contributed by atoms with Gasteiger partial charge >= 0.3 is 5.97 Å². The Labute approximate surface area is 115 Å². The van der Waals surface area contributed by atoms with E-state index in [2.05, 4.69) is 10.3 Å². The van der Waals surface area contributed by atoms with Gasteiger partial charge in [0.05, 0.1) is 11.4 Å². The van der Waals surface area contributed by atoms with Gasteiger partial charge in [-0.1, -0.05) is 6.42 Å². The van der Waals surface area contributed by atoms with Crippen LogP contribution in [0.1, 0.15) is 29.8 Å². The van der Waals surface area contributed by atoms with Gasteiger partial charge in [-0.2, -0.15) is 0 Å². The highest BCUT2D eigenvalue weighted by Gasteiger charge is 2.35. The van der Waals surface area contributed by atoms with Crippen LogP contribution in [0.3, 0.4) is 0 Å². The standard InChI is InChI=1S/C12H14N2O5S/c15-11(9-5-1-2-7-20(9,18)19)14-8-4-3-6-13-10(8)12(16)17/h3-4,6,9H,1-2,5,7H2,(H,14,15)(H,16,17). The molecule has 0 aromatic carbocycles. The van der Waals surface area contributed by atoms with Crippen molar-refractivity contribution in [1.82, 2.24) is 4.98 Å². The maximum atomic E-state index is 12.0. The molecule has 1 aliphatic heterocycles. The fraction of sp³-hybridized carbons (Fsp3) is 0.417. The summed E-state index contributed by atoms with van der Waals surface area (Å²) in [5, 5.41) is 10.2. The molecule has 0 saturated carbocycles. The number of rotatable bonds is 3. The average molecular weight is 298 g/mol. The number of nitrogens with zero attached hydrogens (tertiary/aromatic N) is 1. The summed E-state index contributed by atoms with van der Waals surface area (Å²) in [6.07, 6.45) is 2.77. The lowest BCUT2D eigenvalue weighted by Gasteiger charge is -2.21. The van der Waals surface area contributed by atoms with E-state index in [0.717, 1.165) is 0 Å². The first-order valence-electron chi connectivity index (χ1n) is 6.12. The summed E-state index contributed by atoms with van der Waals surface area (Å²) in [4.78, 5) is 26.7. The molecule has 8 heteroatoms. The molecule has 0 bridgehead atoms. The van der Waals surface area contributed by atoms with Crippen LogP contribution in [0.4, 0.5) is 5.69 Å². The van der Waals surface area contributed by atoms with Gasteiger partial charge in [0.15, 0.2) is 15.5 Å². The van der Waals surface area contributed by atoms with Gasteiger partial charge < -0.3 is 10.4 Å². The van der Waals surface area contributed by atoms with Crippen LogP contribution < -0.4 is 5.32 Å². The zero-order valence-corrected chi connectivity index (χ0v) is 11.4. The van der Waals surface area contributed by atoms with Crippen molar-refractivity contribution in [1.29, 1.82) is 0 Å². The van der Waals surface area contributed by atoms with E-state index in [1.165, 1.54) is 18.3 Å². The van der Waals surface area contributed by atoms with E-state index in [0.29, 0.717) is 12.8 Å². The summed E-state index contributed by atoms with van der Waals surface area (Å²) in [6, 6.07) is 2.85. The summed E-state index contributed by atoms with van der Waals surface area (Å²) in [5.74, 6) is -1.99. The second kappa shape index (κ2) is 5.58. The maximum absolute atomic E-state index is 12.0. The molecule has 7 nitrogen and oxygen atoms in total. The Morgan fingerprint density at radius 2 is 2.10 bits per heavy atom.